The monoisotopic (exact) mass is 639 g/mol. The van der Waals surface area contributed by atoms with Crippen LogP contribution in [-0.2, 0) is 21.9 Å². The second-order valence-electron chi connectivity index (χ2n) is 10.1. The normalized spacial score (nSPS) is 16.0. The Hall–Kier alpha value is -4.44. The second-order valence-corrected chi connectivity index (χ2v) is 12.8. The van der Waals surface area contributed by atoms with E-state index in [9.17, 15) is 14.7 Å². The van der Waals surface area contributed by atoms with Crippen molar-refractivity contribution in [2.24, 2.45) is 0 Å². The second kappa shape index (κ2) is 13.1. The number of hydrogen-bond acceptors (Lipinski definition) is 8. The van der Waals surface area contributed by atoms with Gasteiger partial charge in [0.15, 0.2) is 4.34 Å². The predicted molar refractivity (Wildman–Crippen MR) is 174 cm³/mol. The number of aliphatic hydroxyl groups is 1. The minimum Gasteiger partial charge on any atom is -0.507 e. The van der Waals surface area contributed by atoms with E-state index < -0.39 is 17.7 Å². The largest absolute Gasteiger partial charge is 0.507 e. The number of hydrogen-bond donors (Lipinski definition) is 1. The molecule has 0 saturated carbocycles. The third kappa shape index (κ3) is 6.40. The summed E-state index contributed by atoms with van der Waals surface area (Å²) in [6.07, 6.45) is 0. The zero-order chi connectivity index (χ0) is 30.6. The molecule has 1 atom stereocenters. The number of thioether (sulfide) groups is 1. The number of Topliss-reactive ketones (excluding diaryl/α,β-unsaturated/α-hetero) is 1. The van der Waals surface area contributed by atoms with Gasteiger partial charge in [-0.3, -0.25) is 14.5 Å². The molecule has 1 fully saturated rings. The van der Waals surface area contributed by atoms with E-state index in [0.717, 1.165) is 11.1 Å². The Morgan fingerprint density at radius 3 is 2.43 bits per heavy atom. The smallest absolute Gasteiger partial charge is 0.301 e. The van der Waals surface area contributed by atoms with Gasteiger partial charge >= 0.3 is 5.91 Å². The molecule has 6 rings (SSSR count). The van der Waals surface area contributed by atoms with Crippen molar-refractivity contribution in [1.29, 1.82) is 0 Å². The number of carbonyl (C=O) groups excluding carboxylic acids is 2. The molecular formula is C34H26ClN3O4S2. The number of ether oxygens (including phenoxy) is 1. The first kappa shape index (κ1) is 29.6. The number of aryl methyl sites for hydroxylation is 1. The average molecular weight is 640 g/mol. The molecule has 10 heteroatoms. The highest BCUT2D eigenvalue weighted by molar-refractivity contribution is 8.00. The highest BCUT2D eigenvalue weighted by Gasteiger charge is 2.48. The van der Waals surface area contributed by atoms with Crippen LogP contribution in [0.1, 0.15) is 33.9 Å². The maximum Gasteiger partial charge on any atom is 0.301 e. The van der Waals surface area contributed by atoms with Crippen molar-refractivity contribution in [2.45, 2.75) is 29.7 Å². The van der Waals surface area contributed by atoms with Gasteiger partial charge in [-0.2, -0.15) is 0 Å². The number of aliphatic hydroxyl groups excluding tert-OH is 1. The summed E-state index contributed by atoms with van der Waals surface area (Å²) in [5.74, 6) is -0.694. The number of carbonyl (C=O) groups is 2. The molecule has 4 aromatic carbocycles. The standard InChI is InChI=1S/C34H26ClN3O4S2/c1-21-10-12-23(13-11-21)20-43-34-37-36-33(44-34)38-29(25-8-5-9-27(18-25)42-19-22-6-3-2-4-7-22)28(31(40)32(38)41)30(39)24-14-16-26(35)17-15-24/h2-18,29,39H,19-20H2,1H3/b30-28+. The van der Waals surface area contributed by atoms with Crippen LogP contribution in [0.4, 0.5) is 5.13 Å². The molecule has 0 aliphatic carbocycles. The zero-order valence-corrected chi connectivity index (χ0v) is 25.9. The zero-order valence-electron chi connectivity index (χ0n) is 23.5. The predicted octanol–water partition coefficient (Wildman–Crippen LogP) is 8.00. The number of aromatic nitrogens is 2. The van der Waals surface area contributed by atoms with Gasteiger partial charge < -0.3 is 9.84 Å². The first-order chi connectivity index (χ1) is 21.4. The fourth-order valence-corrected chi connectivity index (χ4v) is 6.76. The topological polar surface area (TPSA) is 92.6 Å². The lowest BCUT2D eigenvalue weighted by Crippen LogP contribution is -2.29. The number of ketones is 1. The molecule has 0 radical (unpaired) electrons. The number of benzene rings is 4. The number of amides is 1. The summed E-state index contributed by atoms with van der Waals surface area (Å²) in [5.41, 5.74) is 4.20. The van der Waals surface area contributed by atoms with Crippen LogP contribution in [0.5, 0.6) is 5.75 Å². The maximum atomic E-state index is 13.6. The summed E-state index contributed by atoms with van der Waals surface area (Å²) >= 11 is 8.78. The Labute approximate surface area is 267 Å². The third-order valence-electron chi connectivity index (χ3n) is 7.07. The molecule has 1 saturated heterocycles. The summed E-state index contributed by atoms with van der Waals surface area (Å²) in [7, 11) is 0. The third-order valence-corrected chi connectivity index (χ3v) is 9.45. The van der Waals surface area contributed by atoms with Crippen LogP contribution >= 0.6 is 34.7 Å². The average Bonchev–Trinajstić information content (AvgIpc) is 3.62. The van der Waals surface area contributed by atoms with Crippen molar-refractivity contribution in [3.05, 3.63) is 142 Å². The first-order valence-electron chi connectivity index (χ1n) is 13.7. The van der Waals surface area contributed by atoms with E-state index in [1.165, 1.54) is 33.6 Å². The lowest BCUT2D eigenvalue weighted by atomic mass is 9.95. The molecule has 0 bridgehead atoms. The van der Waals surface area contributed by atoms with Gasteiger partial charge in [-0.25, -0.2) is 0 Å². The summed E-state index contributed by atoms with van der Waals surface area (Å²) in [6.45, 7) is 2.38. The Bertz CT molecular complexity index is 1840. The van der Waals surface area contributed by atoms with Crippen molar-refractivity contribution in [3.8, 4) is 5.75 Å². The molecule has 1 unspecified atom stereocenters. The van der Waals surface area contributed by atoms with Gasteiger partial charge in [-0.1, -0.05) is 107 Å². The Morgan fingerprint density at radius 2 is 1.68 bits per heavy atom. The van der Waals surface area contributed by atoms with Crippen molar-refractivity contribution in [2.75, 3.05) is 4.90 Å². The SMILES string of the molecule is Cc1ccc(CSc2nnc(N3C(=O)C(=O)/C(=C(/O)c4ccc(Cl)cc4)C3c3cccc(OCc4ccccc4)c3)s2)cc1. The van der Waals surface area contributed by atoms with Crippen LogP contribution in [-0.4, -0.2) is 27.0 Å². The van der Waals surface area contributed by atoms with Gasteiger partial charge in [-0.05, 0) is 60.0 Å². The van der Waals surface area contributed by atoms with E-state index in [2.05, 4.69) is 34.5 Å². The highest BCUT2D eigenvalue weighted by Crippen LogP contribution is 2.44. The molecule has 44 heavy (non-hydrogen) atoms. The molecule has 220 valence electrons. The molecule has 2 heterocycles. The lowest BCUT2D eigenvalue weighted by molar-refractivity contribution is -0.132. The summed E-state index contributed by atoms with van der Waals surface area (Å²) < 4.78 is 6.71. The van der Waals surface area contributed by atoms with E-state index in [4.69, 9.17) is 16.3 Å². The van der Waals surface area contributed by atoms with Crippen LogP contribution in [0.3, 0.4) is 0 Å². The van der Waals surface area contributed by atoms with Crippen LogP contribution in [0, 0.1) is 6.92 Å². The fraction of sp³-hybridized carbons (Fsp3) is 0.118. The lowest BCUT2D eigenvalue weighted by Gasteiger charge is -2.23. The van der Waals surface area contributed by atoms with Gasteiger partial charge in [0.25, 0.3) is 5.78 Å². The molecule has 1 amide bonds. The number of nitrogens with zero attached hydrogens (tertiary/aromatic N) is 3. The minimum atomic E-state index is -0.964. The van der Waals surface area contributed by atoms with E-state index in [-0.39, 0.29) is 16.5 Å². The van der Waals surface area contributed by atoms with Crippen LogP contribution < -0.4 is 9.64 Å². The molecule has 0 spiro atoms. The number of halogens is 1. The molecule has 1 aliphatic rings. The van der Waals surface area contributed by atoms with Gasteiger partial charge in [0.05, 0.1) is 11.6 Å². The maximum absolute atomic E-state index is 13.6. The minimum absolute atomic E-state index is 0.0541. The molecule has 7 nitrogen and oxygen atoms in total. The summed E-state index contributed by atoms with van der Waals surface area (Å²) in [6, 6.07) is 30.6. The Morgan fingerprint density at radius 1 is 0.932 bits per heavy atom. The number of rotatable bonds is 9. The summed E-state index contributed by atoms with van der Waals surface area (Å²) in [5, 5.41) is 20.8. The van der Waals surface area contributed by atoms with Crippen LogP contribution in [0.25, 0.3) is 5.76 Å². The van der Waals surface area contributed by atoms with Gasteiger partial charge in [0.1, 0.15) is 18.1 Å². The first-order valence-corrected chi connectivity index (χ1v) is 15.9. The van der Waals surface area contributed by atoms with Crippen molar-refractivity contribution in [1.82, 2.24) is 10.2 Å². The highest BCUT2D eigenvalue weighted by atomic mass is 35.5. The van der Waals surface area contributed by atoms with Gasteiger partial charge in [0, 0.05) is 16.3 Å². The molecule has 1 N–H and O–H groups in total. The quantitative estimate of drug-likeness (QED) is 0.0574. The van der Waals surface area contributed by atoms with E-state index in [1.54, 1.807) is 42.5 Å². The number of anilines is 1. The fourth-order valence-electron chi connectivity index (χ4n) is 4.81. The van der Waals surface area contributed by atoms with Crippen LogP contribution in [0.2, 0.25) is 5.02 Å². The van der Waals surface area contributed by atoms with E-state index >= 15 is 0 Å². The Balaban J connectivity index is 1.36. The van der Waals surface area contributed by atoms with Crippen LogP contribution in [0.15, 0.2) is 113 Å². The van der Waals surface area contributed by atoms with E-state index in [0.29, 0.717) is 38.6 Å². The summed E-state index contributed by atoms with van der Waals surface area (Å²) in [4.78, 5) is 28.5. The Kier molecular flexibility index (Phi) is 8.79. The molecule has 1 aliphatic heterocycles. The molecule has 1 aromatic heterocycles. The van der Waals surface area contributed by atoms with Crippen molar-refractivity contribution < 1.29 is 19.4 Å². The van der Waals surface area contributed by atoms with Gasteiger partial charge in [-0.15, -0.1) is 10.2 Å². The molecule has 5 aromatic rings. The van der Waals surface area contributed by atoms with E-state index in [1.807, 2.05) is 43.3 Å². The van der Waals surface area contributed by atoms with Crippen molar-refractivity contribution >= 4 is 57.3 Å². The molecular weight excluding hydrogens is 614 g/mol. The van der Waals surface area contributed by atoms with Crippen molar-refractivity contribution in [3.63, 3.8) is 0 Å². The van der Waals surface area contributed by atoms with Gasteiger partial charge in [0.2, 0.25) is 5.13 Å².